The quantitative estimate of drug-likeness (QED) is 0.199. The molecule has 1 amide bonds. The number of carboxylic acids is 1. The lowest BCUT2D eigenvalue weighted by Gasteiger charge is -2.30. The molecule has 0 saturated heterocycles. The molecule has 0 heterocycles. The van der Waals surface area contributed by atoms with E-state index in [0.29, 0.717) is 5.92 Å². The fourth-order valence-electron chi connectivity index (χ4n) is 3.47. The lowest BCUT2D eigenvalue weighted by Crippen LogP contribution is -2.40. The van der Waals surface area contributed by atoms with Gasteiger partial charge in [-0.05, 0) is 86.0 Å². The zero-order chi connectivity index (χ0) is 26.9. The van der Waals surface area contributed by atoms with Crippen LogP contribution in [0.15, 0.2) is 12.2 Å². The summed E-state index contributed by atoms with van der Waals surface area (Å²) in [7, 11) is -3.28. The zero-order valence-corrected chi connectivity index (χ0v) is 22.9. The van der Waals surface area contributed by atoms with Gasteiger partial charge in [-0.2, -0.15) is 0 Å². The van der Waals surface area contributed by atoms with Crippen LogP contribution in [0.2, 0.25) is 0 Å². The molecule has 0 aromatic heterocycles. The van der Waals surface area contributed by atoms with Crippen LogP contribution in [0, 0.1) is 5.92 Å². The predicted molar refractivity (Wildman–Crippen MR) is 133 cm³/mol. The molecule has 0 radical (unpaired) electrons. The fourth-order valence-corrected chi connectivity index (χ4v) is 4.92. The molecule has 1 rings (SSSR count). The third-order valence-electron chi connectivity index (χ3n) is 4.85. The molecule has 1 aliphatic carbocycles. The highest BCUT2D eigenvalue weighted by molar-refractivity contribution is 7.54. The summed E-state index contributed by atoms with van der Waals surface area (Å²) in [6.45, 7) is 11.4. The summed E-state index contributed by atoms with van der Waals surface area (Å²) < 4.78 is 31.5. The molecular weight excluding hydrogens is 477 g/mol. The van der Waals surface area contributed by atoms with Gasteiger partial charge in [-0.1, -0.05) is 6.08 Å². The van der Waals surface area contributed by atoms with Crippen molar-refractivity contribution in [2.75, 3.05) is 26.0 Å². The molecule has 1 fully saturated rings. The standard InChI is InChI=1S/C16H27NO4.C8H17O5P/c1-16(2,3)21-15(20)17-13-10-8-12(9-11-13)6-4-5-7-14(18)19;1-4-11-8(9)7-14(10,12-5-2)13-6-3/h5,7,12-13H,4,6,8-11H2,1-3H3,(H,17,20)(H,18,19);4-7H2,1-3H3/b7-5+;/t12-,13-;. The topological polar surface area (TPSA) is 137 Å². The van der Waals surface area contributed by atoms with E-state index in [1.54, 1.807) is 26.8 Å². The van der Waals surface area contributed by atoms with E-state index < -0.39 is 25.1 Å². The van der Waals surface area contributed by atoms with Crippen molar-refractivity contribution < 1.29 is 42.6 Å². The number of allylic oxidation sites excluding steroid dienone is 1. The van der Waals surface area contributed by atoms with Crippen LogP contribution in [0.3, 0.4) is 0 Å². The van der Waals surface area contributed by atoms with Gasteiger partial charge < -0.3 is 28.9 Å². The van der Waals surface area contributed by atoms with E-state index in [2.05, 4.69) is 10.1 Å². The number of carboxylic acid groups (broad SMARTS) is 1. The van der Waals surface area contributed by atoms with Crippen LogP contribution in [-0.4, -0.2) is 60.8 Å². The van der Waals surface area contributed by atoms with E-state index in [1.807, 2.05) is 20.8 Å². The van der Waals surface area contributed by atoms with E-state index in [9.17, 15) is 18.9 Å². The van der Waals surface area contributed by atoms with E-state index in [-0.39, 0.29) is 38.1 Å². The van der Waals surface area contributed by atoms with Crippen molar-refractivity contribution >= 4 is 25.6 Å². The SMILES string of the molecule is CC(C)(C)OC(=O)N[C@H]1CC[C@H](CC/C=C/C(=O)O)CC1.CCOC(=O)CP(=O)(OCC)OCC. The molecule has 0 spiro atoms. The summed E-state index contributed by atoms with van der Waals surface area (Å²) in [5, 5.41) is 11.4. The summed E-state index contributed by atoms with van der Waals surface area (Å²) >= 11 is 0. The number of carbonyl (C=O) groups excluding carboxylic acids is 2. The van der Waals surface area contributed by atoms with Crippen molar-refractivity contribution in [3.8, 4) is 0 Å². The maximum Gasteiger partial charge on any atom is 0.407 e. The van der Waals surface area contributed by atoms with Crippen molar-refractivity contribution in [3.63, 3.8) is 0 Å². The Morgan fingerprint density at radius 2 is 1.57 bits per heavy atom. The molecule has 0 bridgehead atoms. The number of carbonyl (C=O) groups is 3. The molecule has 11 heteroatoms. The monoisotopic (exact) mass is 521 g/mol. The summed E-state index contributed by atoms with van der Waals surface area (Å²) in [5.41, 5.74) is -0.461. The Balaban J connectivity index is 0.000000720. The third-order valence-corrected chi connectivity index (χ3v) is 6.80. The third kappa shape index (κ3) is 18.1. The van der Waals surface area contributed by atoms with Gasteiger partial charge in [-0.3, -0.25) is 9.36 Å². The highest BCUT2D eigenvalue weighted by Crippen LogP contribution is 2.47. The van der Waals surface area contributed by atoms with Crippen LogP contribution in [0.1, 0.15) is 80.1 Å². The van der Waals surface area contributed by atoms with Crippen LogP contribution < -0.4 is 5.32 Å². The van der Waals surface area contributed by atoms with Gasteiger partial charge in [0.2, 0.25) is 0 Å². The molecule has 0 aliphatic heterocycles. The van der Waals surface area contributed by atoms with Gasteiger partial charge in [0.1, 0.15) is 11.8 Å². The first-order valence-corrected chi connectivity index (χ1v) is 14.0. The minimum Gasteiger partial charge on any atom is -0.478 e. The van der Waals surface area contributed by atoms with Gasteiger partial charge in [0, 0.05) is 12.1 Å². The summed E-state index contributed by atoms with van der Waals surface area (Å²) in [4.78, 5) is 33.1. The van der Waals surface area contributed by atoms with Gasteiger partial charge in [0.15, 0.2) is 0 Å². The first kappa shape index (κ1) is 33.1. The summed E-state index contributed by atoms with van der Waals surface area (Å²) in [6, 6.07) is 0.200. The molecule has 0 aromatic carbocycles. The van der Waals surface area contributed by atoms with E-state index >= 15 is 0 Å². The highest BCUT2D eigenvalue weighted by Gasteiger charge is 2.28. The van der Waals surface area contributed by atoms with Crippen LogP contribution in [0.25, 0.3) is 0 Å². The number of rotatable bonds is 12. The molecule has 35 heavy (non-hydrogen) atoms. The molecule has 10 nitrogen and oxygen atoms in total. The maximum absolute atomic E-state index is 11.8. The number of hydrogen-bond donors (Lipinski definition) is 2. The van der Waals surface area contributed by atoms with Gasteiger partial charge in [-0.25, -0.2) is 9.59 Å². The normalized spacial score (nSPS) is 18.3. The number of nitrogens with one attached hydrogen (secondary N) is 1. The largest absolute Gasteiger partial charge is 0.478 e. The molecule has 0 unspecified atom stereocenters. The molecule has 0 aromatic rings. The number of hydrogen-bond acceptors (Lipinski definition) is 8. The van der Waals surface area contributed by atoms with Crippen LogP contribution in [-0.2, 0) is 32.7 Å². The first-order chi connectivity index (χ1) is 16.3. The van der Waals surface area contributed by atoms with Gasteiger partial charge in [0.05, 0.1) is 19.8 Å². The average molecular weight is 522 g/mol. The minimum absolute atomic E-state index is 0.200. The van der Waals surface area contributed by atoms with Crippen molar-refractivity contribution in [1.82, 2.24) is 5.32 Å². The fraction of sp³-hybridized carbons (Fsp3) is 0.792. The molecule has 2 N–H and O–H groups in total. The van der Waals surface area contributed by atoms with Crippen molar-refractivity contribution in [2.45, 2.75) is 91.7 Å². The Bertz CT molecular complexity index is 700. The van der Waals surface area contributed by atoms with Gasteiger partial charge in [0.25, 0.3) is 0 Å². The molecular formula is C24H44NO9P. The number of amides is 1. The van der Waals surface area contributed by atoms with E-state index in [4.69, 9.17) is 18.9 Å². The van der Waals surface area contributed by atoms with Gasteiger partial charge >= 0.3 is 25.6 Å². The molecule has 204 valence electrons. The van der Waals surface area contributed by atoms with Crippen molar-refractivity contribution in [2.24, 2.45) is 5.92 Å². The number of alkyl carbamates (subject to hydrolysis) is 1. The zero-order valence-electron chi connectivity index (χ0n) is 22.0. The Morgan fingerprint density at radius 1 is 1.00 bits per heavy atom. The van der Waals surface area contributed by atoms with Crippen molar-refractivity contribution in [1.29, 1.82) is 0 Å². The minimum atomic E-state index is -3.28. The van der Waals surface area contributed by atoms with Crippen LogP contribution >= 0.6 is 7.60 Å². The lowest BCUT2D eigenvalue weighted by molar-refractivity contribution is -0.140. The lowest BCUT2D eigenvalue weighted by atomic mass is 9.83. The molecule has 1 aliphatic rings. The summed E-state index contributed by atoms with van der Waals surface area (Å²) in [5.74, 6) is -0.821. The smallest absolute Gasteiger partial charge is 0.407 e. The predicted octanol–water partition coefficient (Wildman–Crippen LogP) is 5.31. The first-order valence-electron chi connectivity index (χ1n) is 12.3. The maximum atomic E-state index is 11.8. The molecule has 1 saturated carbocycles. The number of aliphatic carboxylic acids is 1. The highest BCUT2D eigenvalue weighted by atomic mass is 31.2. The second kappa shape index (κ2) is 17.5. The van der Waals surface area contributed by atoms with Crippen LogP contribution in [0.4, 0.5) is 4.79 Å². The molecule has 0 atom stereocenters. The Kier molecular flexibility index (Phi) is 16.6. The summed E-state index contributed by atoms with van der Waals surface area (Å²) in [6.07, 6.45) is 8.16. The second-order valence-electron chi connectivity index (χ2n) is 9.09. The van der Waals surface area contributed by atoms with E-state index in [0.717, 1.165) is 38.5 Å². The van der Waals surface area contributed by atoms with Crippen LogP contribution in [0.5, 0.6) is 0 Å². The Morgan fingerprint density at radius 3 is 2.03 bits per heavy atom. The number of ether oxygens (including phenoxy) is 2. The second-order valence-corrected chi connectivity index (χ2v) is 11.1. The van der Waals surface area contributed by atoms with Gasteiger partial charge in [-0.15, -0.1) is 0 Å². The number of esters is 1. The van der Waals surface area contributed by atoms with Crippen molar-refractivity contribution in [3.05, 3.63) is 12.2 Å². The Hall–Kier alpha value is -1.90. The Labute approximate surface area is 209 Å². The average Bonchev–Trinajstić information content (AvgIpc) is 2.71. The van der Waals surface area contributed by atoms with E-state index in [1.165, 1.54) is 6.08 Å².